The number of fused-ring (bicyclic) bond motifs is 1. The summed E-state index contributed by atoms with van der Waals surface area (Å²) < 4.78 is 0. The molecule has 4 heteroatoms. The van der Waals surface area contributed by atoms with Crippen molar-refractivity contribution in [3.05, 3.63) is 23.5 Å². The van der Waals surface area contributed by atoms with Crippen LogP contribution in [0.15, 0.2) is 22.4 Å². The normalized spacial score (nSPS) is 14.7. The minimum atomic E-state index is 0.441. The fourth-order valence-electron chi connectivity index (χ4n) is 1.66. The summed E-state index contributed by atoms with van der Waals surface area (Å²) in [4.78, 5) is 8.68. The molecule has 0 radical (unpaired) electrons. The molecule has 0 amide bonds. The lowest BCUT2D eigenvalue weighted by Gasteiger charge is -2.03. The SMILES string of the molecule is CC(C)C1=Nc2ccnc(C=NO)c2C1. The molecule has 1 aromatic rings. The van der Waals surface area contributed by atoms with Gasteiger partial charge in [-0.1, -0.05) is 19.0 Å². The van der Waals surface area contributed by atoms with Crippen molar-refractivity contribution in [2.75, 3.05) is 0 Å². The monoisotopic (exact) mass is 203 g/mol. The Labute approximate surface area is 88.4 Å². The van der Waals surface area contributed by atoms with Crippen LogP contribution in [-0.2, 0) is 6.42 Å². The van der Waals surface area contributed by atoms with Crippen LogP contribution in [0.2, 0.25) is 0 Å². The van der Waals surface area contributed by atoms with Crippen molar-refractivity contribution in [1.29, 1.82) is 0 Å². The summed E-state index contributed by atoms with van der Waals surface area (Å²) >= 11 is 0. The zero-order valence-electron chi connectivity index (χ0n) is 8.81. The second kappa shape index (κ2) is 3.81. The third kappa shape index (κ3) is 1.75. The number of aromatic nitrogens is 1. The largest absolute Gasteiger partial charge is 0.411 e. The number of hydrogen-bond acceptors (Lipinski definition) is 4. The second-order valence-electron chi connectivity index (χ2n) is 3.87. The van der Waals surface area contributed by atoms with E-state index in [-0.39, 0.29) is 0 Å². The van der Waals surface area contributed by atoms with Crippen LogP contribution < -0.4 is 0 Å². The van der Waals surface area contributed by atoms with Gasteiger partial charge in [0.2, 0.25) is 0 Å². The molecule has 0 saturated carbocycles. The Morgan fingerprint density at radius 3 is 3.00 bits per heavy atom. The lowest BCUT2D eigenvalue weighted by molar-refractivity contribution is 0.321. The number of nitrogens with zero attached hydrogens (tertiary/aromatic N) is 3. The average molecular weight is 203 g/mol. The van der Waals surface area contributed by atoms with Crippen molar-refractivity contribution in [3.8, 4) is 0 Å². The molecule has 0 aromatic carbocycles. The van der Waals surface area contributed by atoms with Gasteiger partial charge in [0.05, 0.1) is 17.6 Å². The zero-order chi connectivity index (χ0) is 10.8. The average Bonchev–Trinajstić information content (AvgIpc) is 2.63. The summed E-state index contributed by atoms with van der Waals surface area (Å²) in [5.74, 6) is 0.441. The highest BCUT2D eigenvalue weighted by molar-refractivity contribution is 5.98. The van der Waals surface area contributed by atoms with E-state index < -0.39 is 0 Å². The number of pyridine rings is 1. The third-order valence-electron chi connectivity index (χ3n) is 2.53. The molecule has 2 rings (SSSR count). The number of rotatable bonds is 2. The Bertz CT molecular complexity index is 435. The van der Waals surface area contributed by atoms with Gasteiger partial charge < -0.3 is 5.21 Å². The van der Waals surface area contributed by atoms with Gasteiger partial charge in [-0.05, 0) is 12.0 Å². The lowest BCUT2D eigenvalue weighted by Crippen LogP contribution is -2.07. The highest BCUT2D eigenvalue weighted by Gasteiger charge is 2.19. The van der Waals surface area contributed by atoms with E-state index in [2.05, 4.69) is 29.0 Å². The summed E-state index contributed by atoms with van der Waals surface area (Å²) in [5.41, 5.74) is 3.86. The Kier molecular flexibility index (Phi) is 2.49. The number of hydrogen-bond donors (Lipinski definition) is 1. The first-order valence-electron chi connectivity index (χ1n) is 4.95. The van der Waals surface area contributed by atoms with Crippen molar-refractivity contribution >= 4 is 17.6 Å². The van der Waals surface area contributed by atoms with E-state index in [0.717, 1.165) is 23.4 Å². The first kappa shape index (κ1) is 9.83. The summed E-state index contributed by atoms with van der Waals surface area (Å²) in [7, 11) is 0. The van der Waals surface area contributed by atoms with Crippen LogP contribution in [0.5, 0.6) is 0 Å². The predicted molar refractivity (Wildman–Crippen MR) is 59.3 cm³/mol. The van der Waals surface area contributed by atoms with Gasteiger partial charge in [0.15, 0.2) is 0 Å². The number of oxime groups is 1. The van der Waals surface area contributed by atoms with Crippen molar-refractivity contribution in [1.82, 2.24) is 4.98 Å². The summed E-state index contributed by atoms with van der Waals surface area (Å²) in [6.07, 6.45) is 3.85. The molecule has 0 bridgehead atoms. The Balaban J connectivity index is 2.40. The Hall–Kier alpha value is -1.71. The van der Waals surface area contributed by atoms with Crippen LogP contribution in [-0.4, -0.2) is 22.1 Å². The van der Waals surface area contributed by atoms with Crippen molar-refractivity contribution < 1.29 is 5.21 Å². The van der Waals surface area contributed by atoms with Crippen molar-refractivity contribution in [3.63, 3.8) is 0 Å². The highest BCUT2D eigenvalue weighted by atomic mass is 16.4. The van der Waals surface area contributed by atoms with Gasteiger partial charge >= 0.3 is 0 Å². The van der Waals surface area contributed by atoms with Crippen LogP contribution in [0.3, 0.4) is 0 Å². The molecule has 1 aromatic heterocycles. The van der Waals surface area contributed by atoms with Gasteiger partial charge in [0.25, 0.3) is 0 Å². The molecule has 2 heterocycles. The van der Waals surface area contributed by atoms with Gasteiger partial charge in [-0.2, -0.15) is 0 Å². The fraction of sp³-hybridized carbons (Fsp3) is 0.364. The van der Waals surface area contributed by atoms with E-state index in [9.17, 15) is 0 Å². The number of aliphatic imine (C=N–C) groups is 1. The van der Waals surface area contributed by atoms with Crippen LogP contribution in [0.4, 0.5) is 5.69 Å². The van der Waals surface area contributed by atoms with Crippen molar-refractivity contribution in [2.24, 2.45) is 16.1 Å². The van der Waals surface area contributed by atoms with Crippen LogP contribution in [0, 0.1) is 5.92 Å². The molecule has 0 atom stereocenters. The quantitative estimate of drug-likeness (QED) is 0.455. The van der Waals surface area contributed by atoms with E-state index in [1.165, 1.54) is 6.21 Å². The van der Waals surface area contributed by atoms with Crippen LogP contribution >= 0.6 is 0 Å². The van der Waals surface area contributed by atoms with Crippen LogP contribution in [0.1, 0.15) is 25.1 Å². The molecule has 15 heavy (non-hydrogen) atoms. The van der Waals surface area contributed by atoms with Gasteiger partial charge in [-0.15, -0.1) is 0 Å². The molecule has 78 valence electrons. The topological polar surface area (TPSA) is 57.8 Å². The van der Waals surface area contributed by atoms with Gasteiger partial charge in [0.1, 0.15) is 0 Å². The minimum Gasteiger partial charge on any atom is -0.411 e. The molecular weight excluding hydrogens is 190 g/mol. The zero-order valence-corrected chi connectivity index (χ0v) is 8.81. The summed E-state index contributed by atoms with van der Waals surface area (Å²) in [6, 6.07) is 1.89. The Morgan fingerprint density at radius 1 is 1.53 bits per heavy atom. The first-order chi connectivity index (χ1) is 7.22. The van der Waals surface area contributed by atoms with Crippen LogP contribution in [0.25, 0.3) is 0 Å². The maximum Gasteiger partial charge on any atom is 0.0921 e. The molecule has 0 saturated heterocycles. The van der Waals surface area contributed by atoms with E-state index in [1.807, 2.05) is 6.07 Å². The molecule has 1 aliphatic heterocycles. The smallest absolute Gasteiger partial charge is 0.0921 e. The standard InChI is InChI=1S/C11H13N3O/c1-7(2)10-5-8-9(14-10)3-4-12-11(8)6-13-15/h3-4,6-7,15H,5H2,1-2H3. The molecule has 0 unspecified atom stereocenters. The maximum absolute atomic E-state index is 8.52. The summed E-state index contributed by atoms with van der Waals surface area (Å²) in [5, 5.41) is 11.5. The highest BCUT2D eigenvalue weighted by Crippen LogP contribution is 2.29. The van der Waals surface area contributed by atoms with E-state index >= 15 is 0 Å². The van der Waals surface area contributed by atoms with Crippen molar-refractivity contribution in [2.45, 2.75) is 20.3 Å². The third-order valence-corrected chi connectivity index (χ3v) is 2.53. The van der Waals surface area contributed by atoms with Gasteiger partial charge in [0, 0.05) is 23.9 Å². The molecular formula is C11H13N3O. The lowest BCUT2D eigenvalue weighted by atomic mass is 10.0. The predicted octanol–water partition coefficient (Wildman–Crippen LogP) is 2.17. The molecule has 0 spiro atoms. The molecule has 1 N–H and O–H groups in total. The van der Waals surface area contributed by atoms with E-state index in [0.29, 0.717) is 11.6 Å². The van der Waals surface area contributed by atoms with Gasteiger partial charge in [-0.3, -0.25) is 9.98 Å². The fourth-order valence-corrected chi connectivity index (χ4v) is 1.66. The van der Waals surface area contributed by atoms with E-state index in [4.69, 9.17) is 5.21 Å². The maximum atomic E-state index is 8.52. The molecule has 0 fully saturated rings. The Morgan fingerprint density at radius 2 is 2.33 bits per heavy atom. The molecule has 1 aliphatic rings. The van der Waals surface area contributed by atoms with Gasteiger partial charge in [-0.25, -0.2) is 0 Å². The van der Waals surface area contributed by atoms with E-state index in [1.54, 1.807) is 6.20 Å². The minimum absolute atomic E-state index is 0.441. The molecule has 0 aliphatic carbocycles. The second-order valence-corrected chi connectivity index (χ2v) is 3.87. The molecule has 4 nitrogen and oxygen atoms in total. The first-order valence-corrected chi connectivity index (χ1v) is 4.95. The summed E-state index contributed by atoms with van der Waals surface area (Å²) in [6.45, 7) is 4.25.